The molecular weight excluding hydrogens is 597 g/mol. The quantitative estimate of drug-likeness (QED) is 0.190. The number of para-hydroxylation sites is 3. The molecule has 0 bridgehead atoms. The fourth-order valence-electron chi connectivity index (χ4n) is 7.46. The molecule has 0 aliphatic carbocycles. The van der Waals surface area contributed by atoms with Gasteiger partial charge in [0.2, 0.25) is 0 Å². The summed E-state index contributed by atoms with van der Waals surface area (Å²) in [7, 11) is 0. The first-order valence-corrected chi connectivity index (χ1v) is 16.7. The van der Waals surface area contributed by atoms with Gasteiger partial charge < -0.3 is 13.9 Å². The Balaban J connectivity index is 1.15. The Kier molecular flexibility index (Phi) is 6.18. The average Bonchev–Trinajstić information content (AvgIpc) is 3.71. The van der Waals surface area contributed by atoms with E-state index < -0.39 is 0 Å². The Morgan fingerprint density at radius 2 is 0.980 bits per heavy atom. The largest absolute Gasteiger partial charge is 0.456 e. The molecule has 0 radical (unpaired) electrons. The lowest BCUT2D eigenvalue weighted by Gasteiger charge is -2.27. The number of anilines is 3. The molecule has 0 atom stereocenters. The number of benzene rings is 8. The van der Waals surface area contributed by atoms with Crippen molar-refractivity contribution in [3.63, 3.8) is 0 Å². The molecule has 0 saturated carbocycles. The third kappa shape index (κ3) is 4.51. The molecule has 10 aromatic rings. The van der Waals surface area contributed by atoms with Crippen molar-refractivity contribution >= 4 is 71.6 Å². The van der Waals surface area contributed by atoms with Crippen LogP contribution in [0.2, 0.25) is 0 Å². The molecule has 2 aromatic heterocycles. The molecule has 49 heavy (non-hydrogen) atoms. The first kappa shape index (κ1) is 27.5. The van der Waals surface area contributed by atoms with Crippen molar-refractivity contribution in [2.75, 3.05) is 4.90 Å². The maximum atomic E-state index is 6.27. The van der Waals surface area contributed by atoms with Crippen LogP contribution < -0.4 is 4.90 Å². The van der Waals surface area contributed by atoms with Crippen LogP contribution in [0.5, 0.6) is 0 Å². The van der Waals surface area contributed by atoms with Crippen LogP contribution in [0, 0.1) is 0 Å². The number of fused-ring (bicyclic) bond motifs is 7. The maximum absolute atomic E-state index is 6.27. The summed E-state index contributed by atoms with van der Waals surface area (Å²) < 4.78 is 8.65. The van der Waals surface area contributed by atoms with Gasteiger partial charge in [0.25, 0.3) is 0 Å². The highest BCUT2D eigenvalue weighted by Crippen LogP contribution is 2.40. The van der Waals surface area contributed by atoms with Gasteiger partial charge in [0.1, 0.15) is 11.2 Å². The topological polar surface area (TPSA) is 21.3 Å². The Bertz CT molecular complexity index is 2800. The van der Waals surface area contributed by atoms with E-state index in [-0.39, 0.29) is 0 Å². The lowest BCUT2D eigenvalue weighted by atomic mass is 10.0. The van der Waals surface area contributed by atoms with Gasteiger partial charge in [-0.3, -0.25) is 0 Å². The predicted molar refractivity (Wildman–Crippen MR) is 206 cm³/mol. The smallest absolute Gasteiger partial charge is 0.136 e. The summed E-state index contributed by atoms with van der Waals surface area (Å²) in [6.07, 6.45) is 0. The van der Waals surface area contributed by atoms with Crippen molar-refractivity contribution in [3.8, 4) is 16.8 Å². The lowest BCUT2D eigenvalue weighted by Crippen LogP contribution is -2.10. The third-order valence-electron chi connectivity index (χ3n) is 9.73. The minimum Gasteiger partial charge on any atom is -0.456 e. The van der Waals surface area contributed by atoms with Crippen molar-refractivity contribution in [1.29, 1.82) is 0 Å². The summed E-state index contributed by atoms with van der Waals surface area (Å²) in [5.41, 5.74) is 10.8. The van der Waals surface area contributed by atoms with E-state index in [0.717, 1.165) is 55.8 Å². The van der Waals surface area contributed by atoms with Crippen molar-refractivity contribution in [1.82, 2.24) is 4.57 Å². The number of aromatic nitrogens is 1. The SMILES string of the molecule is c1cc(-c2ccc3c(c2)oc2ccccc23)cc(N(c2cccc(-n3c4ccccc4c4ccccc43)c2)c2ccc3ccccc3c2)c1. The molecular formula is C46H30N2O. The lowest BCUT2D eigenvalue weighted by molar-refractivity contribution is 0.669. The summed E-state index contributed by atoms with van der Waals surface area (Å²) in [4.78, 5) is 2.37. The van der Waals surface area contributed by atoms with Gasteiger partial charge in [0.05, 0.1) is 11.0 Å². The van der Waals surface area contributed by atoms with Crippen LogP contribution in [-0.2, 0) is 0 Å². The van der Waals surface area contributed by atoms with Gasteiger partial charge in [-0.25, -0.2) is 0 Å². The molecule has 0 fully saturated rings. The van der Waals surface area contributed by atoms with Crippen molar-refractivity contribution in [3.05, 3.63) is 182 Å². The fourth-order valence-corrected chi connectivity index (χ4v) is 7.46. The summed E-state index contributed by atoms with van der Waals surface area (Å²) >= 11 is 0. The van der Waals surface area contributed by atoms with Gasteiger partial charge in [-0.05, 0) is 94.7 Å². The zero-order chi connectivity index (χ0) is 32.3. The molecule has 0 unspecified atom stereocenters. The van der Waals surface area contributed by atoms with Crippen molar-refractivity contribution in [2.45, 2.75) is 0 Å². The molecule has 2 heterocycles. The number of hydrogen-bond donors (Lipinski definition) is 0. The van der Waals surface area contributed by atoms with E-state index in [0.29, 0.717) is 0 Å². The van der Waals surface area contributed by atoms with E-state index in [9.17, 15) is 0 Å². The van der Waals surface area contributed by atoms with Gasteiger partial charge in [-0.2, -0.15) is 0 Å². The fraction of sp³-hybridized carbons (Fsp3) is 0. The molecule has 10 rings (SSSR count). The second-order valence-electron chi connectivity index (χ2n) is 12.6. The minimum absolute atomic E-state index is 0.898. The van der Waals surface area contributed by atoms with E-state index in [1.165, 1.54) is 32.6 Å². The monoisotopic (exact) mass is 626 g/mol. The highest BCUT2D eigenvalue weighted by Gasteiger charge is 2.17. The van der Waals surface area contributed by atoms with E-state index in [4.69, 9.17) is 4.42 Å². The molecule has 0 aliphatic heterocycles. The molecule has 0 saturated heterocycles. The van der Waals surface area contributed by atoms with Crippen LogP contribution in [0.4, 0.5) is 17.1 Å². The minimum atomic E-state index is 0.898. The van der Waals surface area contributed by atoms with E-state index in [2.05, 4.69) is 179 Å². The molecule has 0 spiro atoms. The van der Waals surface area contributed by atoms with E-state index in [1.807, 2.05) is 12.1 Å². The van der Waals surface area contributed by atoms with Crippen LogP contribution in [0.1, 0.15) is 0 Å². The van der Waals surface area contributed by atoms with Gasteiger partial charge in [-0.1, -0.05) is 109 Å². The molecule has 230 valence electrons. The second-order valence-corrected chi connectivity index (χ2v) is 12.6. The number of rotatable bonds is 5. The second kappa shape index (κ2) is 11.0. The Hall–Kier alpha value is -6.58. The first-order valence-electron chi connectivity index (χ1n) is 16.7. The Morgan fingerprint density at radius 1 is 0.367 bits per heavy atom. The standard InChI is InChI=1S/C46H30N2O/c1-2-12-32-27-38(25-23-31(32)11-1)47(35-14-9-13-33(28-35)34-24-26-42-41-19-5-8-22-45(41)49-46(42)29-34)36-15-10-16-37(30-36)48-43-20-6-3-17-39(43)40-18-4-7-21-44(40)48/h1-30H. The van der Waals surface area contributed by atoms with E-state index in [1.54, 1.807) is 0 Å². The van der Waals surface area contributed by atoms with Crippen LogP contribution in [0.3, 0.4) is 0 Å². The normalized spacial score (nSPS) is 11.7. The molecule has 0 aliphatic rings. The number of nitrogens with zero attached hydrogens (tertiary/aromatic N) is 2. The third-order valence-corrected chi connectivity index (χ3v) is 9.73. The van der Waals surface area contributed by atoms with Gasteiger partial charge in [-0.15, -0.1) is 0 Å². The molecule has 0 N–H and O–H groups in total. The average molecular weight is 627 g/mol. The molecule has 3 heteroatoms. The maximum Gasteiger partial charge on any atom is 0.136 e. The Morgan fingerprint density at radius 3 is 1.80 bits per heavy atom. The van der Waals surface area contributed by atoms with Crippen LogP contribution in [0.25, 0.3) is 71.3 Å². The Labute approximate surface area is 283 Å². The highest BCUT2D eigenvalue weighted by atomic mass is 16.3. The zero-order valence-electron chi connectivity index (χ0n) is 26.6. The van der Waals surface area contributed by atoms with Gasteiger partial charge in [0, 0.05) is 44.3 Å². The van der Waals surface area contributed by atoms with Gasteiger partial charge in [0.15, 0.2) is 0 Å². The summed E-state index contributed by atoms with van der Waals surface area (Å²) in [6, 6.07) is 65.1. The van der Waals surface area contributed by atoms with E-state index >= 15 is 0 Å². The summed E-state index contributed by atoms with van der Waals surface area (Å²) in [5, 5.41) is 7.21. The number of furan rings is 1. The van der Waals surface area contributed by atoms with Crippen LogP contribution in [-0.4, -0.2) is 4.57 Å². The summed E-state index contributed by atoms with van der Waals surface area (Å²) in [6.45, 7) is 0. The predicted octanol–water partition coefficient (Wildman–Crippen LogP) is 13.0. The zero-order valence-corrected chi connectivity index (χ0v) is 26.6. The highest BCUT2D eigenvalue weighted by molar-refractivity contribution is 6.09. The van der Waals surface area contributed by atoms with Crippen LogP contribution >= 0.6 is 0 Å². The van der Waals surface area contributed by atoms with Crippen LogP contribution in [0.15, 0.2) is 186 Å². The molecule has 8 aromatic carbocycles. The van der Waals surface area contributed by atoms with Crippen molar-refractivity contribution in [2.24, 2.45) is 0 Å². The van der Waals surface area contributed by atoms with Crippen molar-refractivity contribution < 1.29 is 4.42 Å². The molecule has 3 nitrogen and oxygen atoms in total. The number of hydrogen-bond acceptors (Lipinski definition) is 2. The first-order chi connectivity index (χ1) is 24.3. The van der Waals surface area contributed by atoms with Gasteiger partial charge >= 0.3 is 0 Å². The summed E-state index contributed by atoms with van der Waals surface area (Å²) in [5.74, 6) is 0. The molecule has 0 amide bonds.